The van der Waals surface area contributed by atoms with Gasteiger partial charge in [-0.1, -0.05) is 54.1 Å². The fraction of sp³-hybridized carbons (Fsp3) is 0.409. The van der Waals surface area contributed by atoms with Crippen LogP contribution in [0.2, 0.25) is 5.02 Å². The summed E-state index contributed by atoms with van der Waals surface area (Å²) in [6.07, 6.45) is 2.26. The number of fused-ring (bicyclic) bond motifs is 2. The smallest absolute Gasteiger partial charge is 0.308 e. The van der Waals surface area contributed by atoms with Gasteiger partial charge in [0.25, 0.3) is 0 Å². The van der Waals surface area contributed by atoms with Crippen LogP contribution in [0.15, 0.2) is 48.5 Å². The molecule has 1 atom stereocenters. The maximum atomic E-state index is 11.8. The van der Waals surface area contributed by atoms with Gasteiger partial charge in [-0.05, 0) is 42.0 Å². The van der Waals surface area contributed by atoms with Crippen LogP contribution in [-0.4, -0.2) is 35.6 Å². The van der Waals surface area contributed by atoms with Crippen LogP contribution in [0.25, 0.3) is 0 Å². The molecule has 1 N–H and O–H groups in total. The second-order valence-corrected chi connectivity index (χ2v) is 7.98. The van der Waals surface area contributed by atoms with Crippen molar-refractivity contribution in [3.63, 3.8) is 0 Å². The highest BCUT2D eigenvalue weighted by Gasteiger charge is 2.42. The highest BCUT2D eigenvalue weighted by atomic mass is 35.5. The summed E-state index contributed by atoms with van der Waals surface area (Å²) >= 11 is 6.22. The first-order valence-corrected chi connectivity index (χ1v) is 9.86. The summed E-state index contributed by atoms with van der Waals surface area (Å²) < 4.78 is 6.20. The normalized spacial score (nSPS) is 19.7. The topological polar surface area (TPSA) is 49.8 Å². The van der Waals surface area contributed by atoms with Gasteiger partial charge in [0.2, 0.25) is 0 Å². The van der Waals surface area contributed by atoms with E-state index in [2.05, 4.69) is 29.2 Å². The lowest BCUT2D eigenvalue weighted by Gasteiger charge is -2.40. The summed E-state index contributed by atoms with van der Waals surface area (Å²) in [5.41, 5.74) is 3.31. The quantitative estimate of drug-likeness (QED) is 0.841. The van der Waals surface area contributed by atoms with E-state index in [1.165, 1.54) is 11.1 Å². The number of hydrogen-bond donors (Lipinski definition) is 1. The van der Waals surface area contributed by atoms with Crippen LogP contribution >= 0.6 is 11.6 Å². The van der Waals surface area contributed by atoms with Crippen LogP contribution in [0.5, 0.6) is 0 Å². The number of carbonyl (C=O) groups is 1. The number of likely N-dealkylation sites (tertiary alicyclic amines) is 1. The highest BCUT2D eigenvalue weighted by molar-refractivity contribution is 6.31. The Labute approximate surface area is 164 Å². The lowest BCUT2D eigenvalue weighted by Crippen LogP contribution is -2.45. The van der Waals surface area contributed by atoms with Crippen molar-refractivity contribution < 1.29 is 14.6 Å². The SMILES string of the molecule is O=C(O)C(Cc1ccccc1Cl)CN1CCC2(CC1)OCc1ccccc12. The molecule has 0 bridgehead atoms. The van der Waals surface area contributed by atoms with Gasteiger partial charge >= 0.3 is 5.97 Å². The van der Waals surface area contributed by atoms with E-state index < -0.39 is 11.9 Å². The van der Waals surface area contributed by atoms with E-state index in [-0.39, 0.29) is 5.60 Å². The van der Waals surface area contributed by atoms with Gasteiger partial charge in [-0.25, -0.2) is 0 Å². The van der Waals surface area contributed by atoms with E-state index in [1.807, 2.05) is 24.3 Å². The van der Waals surface area contributed by atoms with Crippen LogP contribution in [0.1, 0.15) is 29.5 Å². The average molecular weight is 386 g/mol. The molecular weight excluding hydrogens is 362 g/mol. The zero-order chi connectivity index (χ0) is 18.9. The van der Waals surface area contributed by atoms with E-state index >= 15 is 0 Å². The largest absolute Gasteiger partial charge is 0.481 e. The van der Waals surface area contributed by atoms with Crippen molar-refractivity contribution in [3.05, 3.63) is 70.2 Å². The van der Waals surface area contributed by atoms with Crippen molar-refractivity contribution in [3.8, 4) is 0 Å². The highest BCUT2D eigenvalue weighted by Crippen LogP contribution is 2.44. The van der Waals surface area contributed by atoms with Crippen molar-refractivity contribution in [1.82, 2.24) is 4.90 Å². The molecular formula is C22H24ClNO3. The molecule has 27 heavy (non-hydrogen) atoms. The molecule has 1 fully saturated rings. The maximum Gasteiger partial charge on any atom is 0.308 e. The van der Waals surface area contributed by atoms with Gasteiger partial charge in [0.15, 0.2) is 0 Å². The van der Waals surface area contributed by atoms with Crippen molar-refractivity contribution >= 4 is 17.6 Å². The second-order valence-electron chi connectivity index (χ2n) is 7.57. The third-order valence-electron chi connectivity index (χ3n) is 5.93. The van der Waals surface area contributed by atoms with Crippen LogP contribution in [0.3, 0.4) is 0 Å². The van der Waals surface area contributed by atoms with Crippen LogP contribution in [-0.2, 0) is 28.2 Å². The molecule has 4 nitrogen and oxygen atoms in total. The predicted molar refractivity (Wildman–Crippen MR) is 105 cm³/mol. The number of aliphatic carboxylic acids is 1. The molecule has 1 saturated heterocycles. The number of halogens is 1. The second kappa shape index (κ2) is 7.63. The zero-order valence-electron chi connectivity index (χ0n) is 15.2. The van der Waals surface area contributed by atoms with E-state index in [0.717, 1.165) is 31.5 Å². The minimum atomic E-state index is -0.766. The first-order chi connectivity index (χ1) is 13.1. The fourth-order valence-corrected chi connectivity index (χ4v) is 4.58. The molecule has 5 heteroatoms. The molecule has 2 aromatic rings. The van der Waals surface area contributed by atoms with Crippen LogP contribution in [0, 0.1) is 5.92 Å². The lowest BCUT2D eigenvalue weighted by molar-refractivity contribution is -0.143. The van der Waals surface area contributed by atoms with Crippen molar-refractivity contribution in [2.24, 2.45) is 5.92 Å². The third kappa shape index (κ3) is 3.75. The fourth-order valence-electron chi connectivity index (χ4n) is 4.37. The molecule has 0 radical (unpaired) electrons. The Bertz CT molecular complexity index is 830. The van der Waals surface area contributed by atoms with Gasteiger partial charge in [0.05, 0.1) is 18.1 Å². The Morgan fingerprint density at radius 1 is 1.15 bits per heavy atom. The molecule has 142 valence electrons. The zero-order valence-corrected chi connectivity index (χ0v) is 16.0. The van der Waals surface area contributed by atoms with Gasteiger partial charge in [-0.2, -0.15) is 0 Å². The first-order valence-electron chi connectivity index (χ1n) is 9.48. The van der Waals surface area contributed by atoms with Gasteiger partial charge in [0.1, 0.15) is 0 Å². The molecule has 1 unspecified atom stereocenters. The van der Waals surface area contributed by atoms with Crippen molar-refractivity contribution in [2.75, 3.05) is 19.6 Å². The molecule has 2 aromatic carbocycles. The number of carboxylic acids is 1. The molecule has 2 aliphatic heterocycles. The Kier molecular flexibility index (Phi) is 5.22. The lowest BCUT2D eigenvalue weighted by atomic mass is 9.83. The summed E-state index contributed by atoms with van der Waals surface area (Å²) in [5.74, 6) is -1.23. The standard InChI is InChI=1S/C22H24ClNO3/c23-20-8-4-2-5-16(20)13-18(21(25)26)14-24-11-9-22(10-12-24)19-7-3-1-6-17(19)15-27-22/h1-8,18H,9-15H2,(H,25,26). The van der Waals surface area contributed by atoms with E-state index in [0.29, 0.717) is 24.6 Å². The predicted octanol–water partition coefficient (Wildman–Crippen LogP) is 4.10. The number of ether oxygens (including phenoxy) is 1. The van der Waals surface area contributed by atoms with Crippen LogP contribution < -0.4 is 0 Å². The Hall–Kier alpha value is -1.88. The van der Waals surface area contributed by atoms with E-state index in [9.17, 15) is 9.90 Å². The number of nitrogens with zero attached hydrogens (tertiary/aromatic N) is 1. The van der Waals surface area contributed by atoms with Gasteiger partial charge in [-0.15, -0.1) is 0 Å². The summed E-state index contributed by atoms with van der Waals surface area (Å²) in [4.78, 5) is 14.1. The third-order valence-corrected chi connectivity index (χ3v) is 6.30. The monoisotopic (exact) mass is 385 g/mol. The van der Waals surface area contributed by atoms with Crippen molar-refractivity contribution in [1.29, 1.82) is 0 Å². The molecule has 4 rings (SSSR count). The van der Waals surface area contributed by atoms with Gasteiger partial charge in [0, 0.05) is 24.7 Å². The van der Waals surface area contributed by atoms with Crippen LogP contribution in [0.4, 0.5) is 0 Å². The number of carboxylic acid groups (broad SMARTS) is 1. The molecule has 2 aliphatic rings. The minimum Gasteiger partial charge on any atom is -0.481 e. The van der Waals surface area contributed by atoms with E-state index in [4.69, 9.17) is 16.3 Å². The Balaban J connectivity index is 1.41. The molecule has 2 heterocycles. The number of rotatable bonds is 5. The number of benzene rings is 2. The summed E-state index contributed by atoms with van der Waals surface area (Å²) in [5, 5.41) is 10.3. The van der Waals surface area contributed by atoms with Gasteiger partial charge in [-0.3, -0.25) is 4.79 Å². The Morgan fingerprint density at radius 3 is 2.59 bits per heavy atom. The maximum absolute atomic E-state index is 11.8. The Morgan fingerprint density at radius 2 is 1.85 bits per heavy atom. The first kappa shape index (κ1) is 18.5. The molecule has 0 saturated carbocycles. The molecule has 0 aromatic heterocycles. The molecule has 0 amide bonds. The molecule has 1 spiro atoms. The van der Waals surface area contributed by atoms with Gasteiger partial charge < -0.3 is 14.7 Å². The van der Waals surface area contributed by atoms with E-state index in [1.54, 1.807) is 0 Å². The molecule has 0 aliphatic carbocycles. The number of piperidine rings is 1. The number of hydrogen-bond acceptors (Lipinski definition) is 3. The summed E-state index contributed by atoms with van der Waals surface area (Å²) in [6.45, 7) is 2.92. The minimum absolute atomic E-state index is 0.186. The average Bonchev–Trinajstić information content (AvgIpc) is 3.03. The van der Waals surface area contributed by atoms with Crippen molar-refractivity contribution in [2.45, 2.75) is 31.5 Å². The summed E-state index contributed by atoms with van der Waals surface area (Å²) in [7, 11) is 0. The summed E-state index contributed by atoms with van der Waals surface area (Å²) in [6, 6.07) is 15.9.